The first-order valence-corrected chi connectivity index (χ1v) is 4.96. The standard InChI is InChI=1S/C12H13NO3/c1-3-16-12(15)6-9-5-11(14)10(7-13)4-8(9)2/h4-5,14H,3,6H2,1-2H3. The summed E-state index contributed by atoms with van der Waals surface area (Å²) in [5.41, 5.74) is 1.68. The lowest BCUT2D eigenvalue weighted by molar-refractivity contribution is -0.142. The Hall–Kier alpha value is -2.02. The second-order valence-corrected chi connectivity index (χ2v) is 3.39. The highest BCUT2D eigenvalue weighted by atomic mass is 16.5. The topological polar surface area (TPSA) is 70.3 Å². The van der Waals surface area contributed by atoms with Gasteiger partial charge in [-0.15, -0.1) is 0 Å². The smallest absolute Gasteiger partial charge is 0.310 e. The van der Waals surface area contributed by atoms with Crippen LogP contribution in [0.5, 0.6) is 5.75 Å². The molecular weight excluding hydrogens is 206 g/mol. The van der Waals surface area contributed by atoms with E-state index >= 15 is 0 Å². The molecule has 0 aliphatic heterocycles. The molecule has 1 aromatic carbocycles. The van der Waals surface area contributed by atoms with Gasteiger partial charge in [-0.1, -0.05) is 0 Å². The predicted molar refractivity (Wildman–Crippen MR) is 57.9 cm³/mol. The second-order valence-electron chi connectivity index (χ2n) is 3.39. The number of hydrogen-bond acceptors (Lipinski definition) is 4. The fourth-order valence-corrected chi connectivity index (χ4v) is 1.39. The van der Waals surface area contributed by atoms with E-state index in [2.05, 4.69) is 0 Å². The first-order chi connectivity index (χ1) is 7.58. The maximum atomic E-state index is 11.3. The highest BCUT2D eigenvalue weighted by Crippen LogP contribution is 2.22. The van der Waals surface area contributed by atoms with E-state index in [1.54, 1.807) is 19.9 Å². The van der Waals surface area contributed by atoms with Crippen molar-refractivity contribution in [2.24, 2.45) is 0 Å². The average molecular weight is 219 g/mol. The van der Waals surface area contributed by atoms with Crippen molar-refractivity contribution in [3.05, 3.63) is 28.8 Å². The number of carbonyl (C=O) groups is 1. The summed E-state index contributed by atoms with van der Waals surface area (Å²) in [6.45, 7) is 3.86. The number of nitriles is 1. The third-order valence-electron chi connectivity index (χ3n) is 2.21. The van der Waals surface area contributed by atoms with Crippen molar-refractivity contribution in [1.29, 1.82) is 5.26 Å². The van der Waals surface area contributed by atoms with Gasteiger partial charge in [0, 0.05) is 0 Å². The fourth-order valence-electron chi connectivity index (χ4n) is 1.39. The van der Waals surface area contributed by atoms with Crippen LogP contribution in [0.15, 0.2) is 12.1 Å². The number of aromatic hydroxyl groups is 1. The van der Waals surface area contributed by atoms with E-state index in [1.165, 1.54) is 6.07 Å². The highest BCUT2D eigenvalue weighted by molar-refractivity contribution is 5.73. The van der Waals surface area contributed by atoms with E-state index in [1.807, 2.05) is 6.07 Å². The van der Waals surface area contributed by atoms with Crippen LogP contribution in [0.1, 0.15) is 23.6 Å². The minimum Gasteiger partial charge on any atom is -0.507 e. The predicted octanol–water partition coefficient (Wildman–Crippen LogP) is 1.68. The summed E-state index contributed by atoms with van der Waals surface area (Å²) in [7, 11) is 0. The molecule has 1 N–H and O–H groups in total. The lowest BCUT2D eigenvalue weighted by Crippen LogP contribution is -2.08. The molecule has 0 saturated heterocycles. The van der Waals surface area contributed by atoms with Crippen LogP contribution in [0, 0.1) is 18.3 Å². The zero-order valence-corrected chi connectivity index (χ0v) is 9.28. The Morgan fingerprint density at radius 1 is 1.56 bits per heavy atom. The third kappa shape index (κ3) is 2.74. The van der Waals surface area contributed by atoms with E-state index in [-0.39, 0.29) is 23.7 Å². The Morgan fingerprint density at radius 3 is 2.81 bits per heavy atom. The van der Waals surface area contributed by atoms with Crippen molar-refractivity contribution in [2.45, 2.75) is 20.3 Å². The Labute approximate surface area is 94.1 Å². The van der Waals surface area contributed by atoms with E-state index in [4.69, 9.17) is 10.00 Å². The van der Waals surface area contributed by atoms with Crippen LogP contribution in [-0.4, -0.2) is 17.7 Å². The van der Waals surface area contributed by atoms with Gasteiger partial charge in [-0.2, -0.15) is 5.26 Å². The molecule has 0 atom stereocenters. The number of hydrogen-bond donors (Lipinski definition) is 1. The number of aryl methyl sites for hydroxylation is 1. The molecule has 0 aromatic heterocycles. The van der Waals surface area contributed by atoms with Crippen molar-refractivity contribution < 1.29 is 14.6 Å². The van der Waals surface area contributed by atoms with Crippen LogP contribution in [0.4, 0.5) is 0 Å². The van der Waals surface area contributed by atoms with E-state index in [9.17, 15) is 9.90 Å². The van der Waals surface area contributed by atoms with E-state index < -0.39 is 0 Å². The molecule has 4 nitrogen and oxygen atoms in total. The number of phenols is 1. The Morgan fingerprint density at radius 2 is 2.25 bits per heavy atom. The molecule has 0 fully saturated rings. The summed E-state index contributed by atoms with van der Waals surface area (Å²) >= 11 is 0. The SMILES string of the molecule is CCOC(=O)Cc1cc(O)c(C#N)cc1C. The van der Waals surface area contributed by atoms with Crippen molar-refractivity contribution >= 4 is 5.97 Å². The summed E-state index contributed by atoms with van der Waals surface area (Å²) in [4.78, 5) is 11.3. The molecular formula is C12H13NO3. The number of nitrogens with zero attached hydrogens (tertiary/aromatic N) is 1. The minimum absolute atomic E-state index is 0.104. The normalized spacial score (nSPS) is 9.56. The maximum absolute atomic E-state index is 11.3. The van der Waals surface area contributed by atoms with Gasteiger partial charge < -0.3 is 9.84 Å². The zero-order valence-electron chi connectivity index (χ0n) is 9.28. The highest BCUT2D eigenvalue weighted by Gasteiger charge is 2.10. The van der Waals surface area contributed by atoms with Crippen molar-refractivity contribution in [2.75, 3.05) is 6.61 Å². The molecule has 84 valence electrons. The van der Waals surface area contributed by atoms with Crippen LogP contribution in [0.3, 0.4) is 0 Å². The molecule has 0 radical (unpaired) electrons. The van der Waals surface area contributed by atoms with Gasteiger partial charge in [0.2, 0.25) is 0 Å². The zero-order chi connectivity index (χ0) is 12.1. The van der Waals surface area contributed by atoms with Crippen LogP contribution >= 0.6 is 0 Å². The van der Waals surface area contributed by atoms with Gasteiger partial charge in [0.05, 0.1) is 18.6 Å². The van der Waals surface area contributed by atoms with Gasteiger partial charge in [-0.25, -0.2) is 0 Å². The average Bonchev–Trinajstić information content (AvgIpc) is 2.23. The molecule has 1 aromatic rings. The molecule has 4 heteroatoms. The molecule has 0 bridgehead atoms. The van der Waals surface area contributed by atoms with Crippen LogP contribution in [-0.2, 0) is 16.0 Å². The Bertz CT molecular complexity index is 446. The first kappa shape index (κ1) is 12.1. The molecule has 16 heavy (non-hydrogen) atoms. The van der Waals surface area contributed by atoms with Crippen LogP contribution < -0.4 is 0 Å². The van der Waals surface area contributed by atoms with Gasteiger partial charge in [-0.3, -0.25) is 4.79 Å². The van der Waals surface area contributed by atoms with Crippen molar-refractivity contribution in [3.8, 4) is 11.8 Å². The number of phenolic OH excluding ortho intramolecular Hbond substituents is 1. The minimum atomic E-state index is -0.338. The molecule has 0 amide bonds. The largest absolute Gasteiger partial charge is 0.507 e. The fraction of sp³-hybridized carbons (Fsp3) is 0.333. The van der Waals surface area contributed by atoms with Gasteiger partial charge in [-0.05, 0) is 37.1 Å². The quantitative estimate of drug-likeness (QED) is 0.785. The van der Waals surface area contributed by atoms with Crippen LogP contribution in [0.2, 0.25) is 0 Å². The summed E-state index contributed by atoms with van der Waals surface area (Å²) in [6, 6.07) is 4.87. The molecule has 0 saturated carbocycles. The van der Waals surface area contributed by atoms with Crippen molar-refractivity contribution in [1.82, 2.24) is 0 Å². The summed E-state index contributed by atoms with van der Waals surface area (Å²) in [5, 5.41) is 18.2. The number of rotatable bonds is 3. The monoisotopic (exact) mass is 219 g/mol. The first-order valence-electron chi connectivity index (χ1n) is 4.96. The summed E-state index contributed by atoms with van der Waals surface area (Å²) < 4.78 is 4.81. The van der Waals surface area contributed by atoms with Gasteiger partial charge >= 0.3 is 5.97 Å². The molecule has 0 aliphatic carbocycles. The van der Waals surface area contributed by atoms with E-state index in [0.29, 0.717) is 12.2 Å². The Kier molecular flexibility index (Phi) is 3.90. The number of benzene rings is 1. The van der Waals surface area contributed by atoms with Crippen molar-refractivity contribution in [3.63, 3.8) is 0 Å². The van der Waals surface area contributed by atoms with Gasteiger partial charge in [0.1, 0.15) is 11.8 Å². The lowest BCUT2D eigenvalue weighted by atomic mass is 10.0. The number of esters is 1. The van der Waals surface area contributed by atoms with Gasteiger partial charge in [0.15, 0.2) is 0 Å². The molecule has 0 heterocycles. The second kappa shape index (κ2) is 5.17. The molecule has 0 unspecified atom stereocenters. The maximum Gasteiger partial charge on any atom is 0.310 e. The summed E-state index contributed by atoms with van der Waals surface area (Å²) in [6.07, 6.45) is 0.110. The third-order valence-corrected chi connectivity index (χ3v) is 2.21. The van der Waals surface area contributed by atoms with E-state index in [0.717, 1.165) is 5.56 Å². The number of carbonyl (C=O) groups excluding carboxylic acids is 1. The molecule has 0 spiro atoms. The molecule has 0 aliphatic rings. The summed E-state index contributed by atoms with van der Waals surface area (Å²) in [5.74, 6) is -0.442. The molecule has 1 rings (SSSR count). The lowest BCUT2D eigenvalue weighted by Gasteiger charge is -2.07. The van der Waals surface area contributed by atoms with Gasteiger partial charge in [0.25, 0.3) is 0 Å². The van der Waals surface area contributed by atoms with Crippen LogP contribution in [0.25, 0.3) is 0 Å². The Balaban J connectivity index is 2.95. The number of ether oxygens (including phenoxy) is 1.